The summed E-state index contributed by atoms with van der Waals surface area (Å²) in [6, 6.07) is 0.138. The van der Waals surface area contributed by atoms with E-state index in [1.807, 2.05) is 19.4 Å². The molecule has 1 aliphatic rings. The lowest BCUT2D eigenvalue weighted by molar-refractivity contribution is 0.0937. The molecule has 3 aromatic heterocycles. The molecule has 0 saturated heterocycles. The Balaban J connectivity index is 1.45. The van der Waals surface area contributed by atoms with Crippen molar-refractivity contribution in [3.63, 3.8) is 0 Å². The summed E-state index contributed by atoms with van der Waals surface area (Å²) in [4.78, 5) is 17.4. The second-order valence-electron chi connectivity index (χ2n) is 5.72. The number of carbonyl (C=O) groups excluding carboxylic acids is 1. The lowest BCUT2D eigenvalue weighted by atomic mass is 9.94. The Morgan fingerprint density at radius 1 is 1.43 bits per heavy atom. The van der Waals surface area contributed by atoms with E-state index in [0.717, 1.165) is 35.5 Å². The molecule has 0 spiro atoms. The third kappa shape index (κ3) is 2.77. The minimum atomic E-state index is -0.0643. The molecule has 23 heavy (non-hydrogen) atoms. The van der Waals surface area contributed by atoms with E-state index in [9.17, 15) is 4.79 Å². The fourth-order valence-electron chi connectivity index (χ4n) is 2.83. The van der Waals surface area contributed by atoms with Gasteiger partial charge in [0, 0.05) is 37.0 Å². The fourth-order valence-corrected chi connectivity index (χ4v) is 3.63. The van der Waals surface area contributed by atoms with Crippen LogP contribution in [0.3, 0.4) is 0 Å². The molecule has 1 aliphatic carbocycles. The van der Waals surface area contributed by atoms with Gasteiger partial charge in [-0.15, -0.1) is 11.3 Å². The van der Waals surface area contributed by atoms with Gasteiger partial charge in [0.15, 0.2) is 0 Å². The third-order valence-corrected chi connectivity index (χ3v) is 5.08. The van der Waals surface area contributed by atoms with Gasteiger partial charge in [-0.05, 0) is 18.4 Å². The number of thiazole rings is 1. The lowest BCUT2D eigenvalue weighted by Crippen LogP contribution is -2.38. The average molecular weight is 328 g/mol. The van der Waals surface area contributed by atoms with Crippen molar-refractivity contribution >= 4 is 17.2 Å². The molecule has 8 heteroatoms. The SMILES string of the molecule is Cn1cc(-c2ncc(C(=O)NC3CCc4cn[nH]c4C3)s2)cn1. The first kappa shape index (κ1) is 14.1. The van der Waals surface area contributed by atoms with Crippen LogP contribution in [0.5, 0.6) is 0 Å². The summed E-state index contributed by atoms with van der Waals surface area (Å²) >= 11 is 1.39. The standard InChI is InChI=1S/C15H16N6OS/c1-21-8-10(6-18-21)15-16-7-13(23-15)14(22)19-11-3-2-9-5-17-20-12(9)4-11/h5-8,11H,2-4H2,1H3,(H,17,20)(H,19,22). The molecule has 0 fully saturated rings. The van der Waals surface area contributed by atoms with Crippen LogP contribution in [0.15, 0.2) is 24.8 Å². The van der Waals surface area contributed by atoms with E-state index in [1.54, 1.807) is 17.1 Å². The van der Waals surface area contributed by atoms with Crippen molar-refractivity contribution in [3.8, 4) is 10.6 Å². The average Bonchev–Trinajstić information content (AvgIpc) is 3.26. The van der Waals surface area contributed by atoms with E-state index in [0.29, 0.717) is 4.88 Å². The van der Waals surface area contributed by atoms with Gasteiger partial charge < -0.3 is 5.32 Å². The van der Waals surface area contributed by atoms with Crippen LogP contribution in [0.1, 0.15) is 27.3 Å². The van der Waals surface area contributed by atoms with Crippen LogP contribution >= 0.6 is 11.3 Å². The number of aryl methyl sites for hydroxylation is 2. The summed E-state index contributed by atoms with van der Waals surface area (Å²) in [6.45, 7) is 0. The molecule has 3 heterocycles. The lowest BCUT2D eigenvalue weighted by Gasteiger charge is -2.22. The van der Waals surface area contributed by atoms with Crippen LogP contribution in [0.25, 0.3) is 10.6 Å². The Morgan fingerprint density at radius 3 is 3.17 bits per heavy atom. The first-order valence-corrected chi connectivity index (χ1v) is 8.27. The number of aromatic amines is 1. The number of nitrogens with one attached hydrogen (secondary N) is 2. The summed E-state index contributed by atoms with van der Waals surface area (Å²) in [5.41, 5.74) is 3.31. The predicted octanol–water partition coefficient (Wildman–Crippen LogP) is 1.55. The Morgan fingerprint density at radius 2 is 2.35 bits per heavy atom. The van der Waals surface area contributed by atoms with Crippen molar-refractivity contribution in [3.05, 3.63) is 40.9 Å². The minimum absolute atomic E-state index is 0.0643. The zero-order valence-electron chi connectivity index (χ0n) is 12.6. The molecule has 4 rings (SSSR count). The summed E-state index contributed by atoms with van der Waals surface area (Å²) in [5.74, 6) is -0.0643. The molecule has 1 atom stereocenters. The van der Waals surface area contributed by atoms with Crippen LogP contribution in [-0.4, -0.2) is 36.9 Å². The quantitative estimate of drug-likeness (QED) is 0.763. The van der Waals surface area contributed by atoms with Crippen molar-refractivity contribution in [2.45, 2.75) is 25.3 Å². The molecule has 0 bridgehead atoms. The molecule has 1 unspecified atom stereocenters. The van der Waals surface area contributed by atoms with Gasteiger partial charge in [0.1, 0.15) is 9.88 Å². The normalized spacial score (nSPS) is 17.0. The fraction of sp³-hybridized carbons (Fsp3) is 0.333. The van der Waals surface area contributed by atoms with Crippen molar-refractivity contribution in [2.24, 2.45) is 7.05 Å². The van der Waals surface area contributed by atoms with E-state index in [2.05, 4.69) is 25.6 Å². The number of fused-ring (bicyclic) bond motifs is 1. The zero-order chi connectivity index (χ0) is 15.8. The smallest absolute Gasteiger partial charge is 0.263 e. The summed E-state index contributed by atoms with van der Waals surface area (Å²) in [5, 5.41) is 15.1. The summed E-state index contributed by atoms with van der Waals surface area (Å²) < 4.78 is 1.72. The Labute approximate surface area is 136 Å². The first-order chi connectivity index (χ1) is 11.2. The topological polar surface area (TPSA) is 88.5 Å². The summed E-state index contributed by atoms with van der Waals surface area (Å²) in [7, 11) is 1.86. The molecule has 1 amide bonds. The van der Waals surface area contributed by atoms with Gasteiger partial charge in [0.2, 0.25) is 0 Å². The highest BCUT2D eigenvalue weighted by Gasteiger charge is 2.23. The number of amides is 1. The highest BCUT2D eigenvalue weighted by Crippen LogP contribution is 2.25. The number of aromatic nitrogens is 5. The monoisotopic (exact) mass is 328 g/mol. The Hall–Kier alpha value is -2.48. The first-order valence-electron chi connectivity index (χ1n) is 7.46. The highest BCUT2D eigenvalue weighted by molar-refractivity contribution is 7.16. The molecular weight excluding hydrogens is 312 g/mol. The molecule has 0 aromatic carbocycles. The van der Waals surface area contributed by atoms with Crippen LogP contribution in [0, 0.1) is 0 Å². The number of H-pyrrole nitrogens is 1. The zero-order valence-corrected chi connectivity index (χ0v) is 13.4. The highest BCUT2D eigenvalue weighted by atomic mass is 32.1. The minimum Gasteiger partial charge on any atom is -0.348 e. The number of carbonyl (C=O) groups is 1. The van der Waals surface area contributed by atoms with E-state index < -0.39 is 0 Å². The van der Waals surface area contributed by atoms with Crippen molar-refractivity contribution in [1.82, 2.24) is 30.3 Å². The Bertz CT molecular complexity index is 848. The van der Waals surface area contributed by atoms with Gasteiger partial charge in [-0.3, -0.25) is 14.6 Å². The largest absolute Gasteiger partial charge is 0.348 e. The molecule has 7 nitrogen and oxygen atoms in total. The third-order valence-electron chi connectivity index (χ3n) is 4.04. The van der Waals surface area contributed by atoms with Crippen molar-refractivity contribution in [2.75, 3.05) is 0 Å². The maximum absolute atomic E-state index is 12.4. The van der Waals surface area contributed by atoms with Gasteiger partial charge in [0.05, 0.1) is 18.6 Å². The summed E-state index contributed by atoms with van der Waals surface area (Å²) in [6.07, 6.45) is 9.83. The number of nitrogens with zero attached hydrogens (tertiary/aromatic N) is 4. The van der Waals surface area contributed by atoms with Crippen LogP contribution in [0.4, 0.5) is 0 Å². The molecule has 0 saturated carbocycles. The molecule has 0 aliphatic heterocycles. The molecule has 3 aromatic rings. The van der Waals surface area contributed by atoms with E-state index in [1.165, 1.54) is 16.9 Å². The van der Waals surface area contributed by atoms with Crippen LogP contribution in [0.2, 0.25) is 0 Å². The van der Waals surface area contributed by atoms with Gasteiger partial charge in [-0.1, -0.05) is 0 Å². The van der Waals surface area contributed by atoms with Gasteiger partial charge in [0.25, 0.3) is 5.91 Å². The van der Waals surface area contributed by atoms with Gasteiger partial charge in [-0.2, -0.15) is 10.2 Å². The Kier molecular flexibility index (Phi) is 3.45. The van der Waals surface area contributed by atoms with Gasteiger partial charge in [-0.25, -0.2) is 4.98 Å². The van der Waals surface area contributed by atoms with E-state index in [-0.39, 0.29) is 11.9 Å². The number of hydrogen-bond donors (Lipinski definition) is 2. The van der Waals surface area contributed by atoms with Crippen LogP contribution < -0.4 is 5.32 Å². The van der Waals surface area contributed by atoms with Gasteiger partial charge >= 0.3 is 0 Å². The van der Waals surface area contributed by atoms with Crippen LogP contribution in [-0.2, 0) is 19.9 Å². The molecule has 0 radical (unpaired) electrons. The van der Waals surface area contributed by atoms with Crippen molar-refractivity contribution < 1.29 is 4.79 Å². The van der Waals surface area contributed by atoms with E-state index in [4.69, 9.17) is 0 Å². The predicted molar refractivity (Wildman–Crippen MR) is 86.2 cm³/mol. The van der Waals surface area contributed by atoms with E-state index >= 15 is 0 Å². The maximum Gasteiger partial charge on any atom is 0.263 e. The molecule has 2 N–H and O–H groups in total. The second-order valence-corrected chi connectivity index (χ2v) is 6.75. The van der Waals surface area contributed by atoms with Crippen molar-refractivity contribution in [1.29, 1.82) is 0 Å². The number of rotatable bonds is 3. The second kappa shape index (κ2) is 5.62. The molecular formula is C15H16N6OS. The maximum atomic E-state index is 12.4. The molecule has 118 valence electrons. The number of hydrogen-bond acceptors (Lipinski definition) is 5.